The Bertz CT molecular complexity index is 677. The third kappa shape index (κ3) is 3.49. The number of nitrogens with one attached hydrogen (secondary N) is 1. The quantitative estimate of drug-likeness (QED) is 0.820. The van der Waals surface area contributed by atoms with Crippen LogP contribution in [0.25, 0.3) is 0 Å². The van der Waals surface area contributed by atoms with Gasteiger partial charge in [-0.15, -0.1) is 10.2 Å². The molecule has 0 radical (unpaired) electrons. The first-order valence-corrected chi connectivity index (χ1v) is 9.11. The van der Waals surface area contributed by atoms with Crippen molar-refractivity contribution in [2.75, 3.05) is 11.1 Å². The molecule has 6 nitrogen and oxygen atoms in total. The molecule has 8 heteroatoms. The lowest BCUT2D eigenvalue weighted by Crippen LogP contribution is -2.20. The van der Waals surface area contributed by atoms with Gasteiger partial charge in [-0.1, -0.05) is 23.1 Å². The van der Waals surface area contributed by atoms with Crippen LogP contribution in [0.2, 0.25) is 0 Å². The van der Waals surface area contributed by atoms with Gasteiger partial charge in [-0.2, -0.15) is 5.10 Å². The summed E-state index contributed by atoms with van der Waals surface area (Å²) in [5.41, 5.74) is 0.998. The molecular formula is C14H19N5OS2. The van der Waals surface area contributed by atoms with Crippen LogP contribution < -0.4 is 5.32 Å². The van der Waals surface area contributed by atoms with Crippen LogP contribution >= 0.6 is 23.1 Å². The number of carbonyl (C=O) groups is 1. The first kappa shape index (κ1) is 15.5. The van der Waals surface area contributed by atoms with Crippen LogP contribution in [0.3, 0.4) is 0 Å². The topological polar surface area (TPSA) is 72.7 Å². The van der Waals surface area contributed by atoms with Gasteiger partial charge in [-0.3, -0.25) is 4.79 Å². The second kappa shape index (κ2) is 6.37. The Hall–Kier alpha value is -1.41. The van der Waals surface area contributed by atoms with Crippen molar-refractivity contribution in [1.82, 2.24) is 20.0 Å². The minimum atomic E-state index is -0.0364. The first-order chi connectivity index (χ1) is 10.5. The second-order valence-corrected chi connectivity index (χ2v) is 8.03. The molecule has 1 saturated carbocycles. The van der Waals surface area contributed by atoms with E-state index in [4.69, 9.17) is 0 Å². The highest BCUT2D eigenvalue weighted by atomic mass is 32.2. The Kier molecular flexibility index (Phi) is 4.49. The van der Waals surface area contributed by atoms with Crippen molar-refractivity contribution in [2.45, 2.75) is 44.0 Å². The lowest BCUT2D eigenvalue weighted by atomic mass is 10.2. The molecule has 3 rings (SSSR count). The number of hydrogen-bond acceptors (Lipinski definition) is 6. The predicted octanol–water partition coefficient (Wildman–Crippen LogP) is 3.05. The highest BCUT2D eigenvalue weighted by Crippen LogP contribution is 2.40. The van der Waals surface area contributed by atoms with Gasteiger partial charge in [0.2, 0.25) is 5.91 Å². The van der Waals surface area contributed by atoms with E-state index in [1.807, 2.05) is 24.7 Å². The van der Waals surface area contributed by atoms with Gasteiger partial charge in [0, 0.05) is 5.56 Å². The molecule has 1 atom stereocenters. The van der Waals surface area contributed by atoms with Gasteiger partial charge in [0.1, 0.15) is 10.8 Å². The Morgan fingerprint density at radius 3 is 2.91 bits per heavy atom. The molecule has 1 fully saturated rings. The van der Waals surface area contributed by atoms with Crippen LogP contribution in [-0.4, -0.2) is 31.6 Å². The van der Waals surface area contributed by atoms with E-state index < -0.39 is 0 Å². The third-order valence-electron chi connectivity index (χ3n) is 3.76. The van der Waals surface area contributed by atoms with E-state index in [-0.39, 0.29) is 5.91 Å². The summed E-state index contributed by atoms with van der Waals surface area (Å²) in [5, 5.41) is 16.3. The van der Waals surface area contributed by atoms with Crippen LogP contribution in [0.4, 0.5) is 5.82 Å². The zero-order valence-corrected chi connectivity index (χ0v) is 14.5. The maximum atomic E-state index is 12.2. The summed E-state index contributed by atoms with van der Waals surface area (Å²) in [6, 6.07) is 0.336. The van der Waals surface area contributed by atoms with Crippen molar-refractivity contribution in [1.29, 1.82) is 0 Å². The summed E-state index contributed by atoms with van der Waals surface area (Å²) in [4.78, 5) is 12.2. The summed E-state index contributed by atoms with van der Waals surface area (Å²) < 4.78 is 2.77. The molecule has 2 heterocycles. The van der Waals surface area contributed by atoms with Crippen LogP contribution in [0.15, 0.2) is 10.5 Å². The Balaban J connectivity index is 1.62. The number of hydrogen-bond donors (Lipinski definition) is 1. The summed E-state index contributed by atoms with van der Waals surface area (Å²) in [5.74, 6) is 1.80. The number of carbonyl (C=O) groups excluding carboxylic acids is 1. The fraction of sp³-hybridized carbons (Fsp3) is 0.571. The molecule has 0 aromatic carbocycles. The number of aromatic nitrogens is 4. The van der Waals surface area contributed by atoms with Gasteiger partial charge in [0.15, 0.2) is 4.34 Å². The molecule has 2 aromatic rings. The zero-order chi connectivity index (χ0) is 15.7. The summed E-state index contributed by atoms with van der Waals surface area (Å²) in [7, 11) is 0. The van der Waals surface area contributed by atoms with Crippen molar-refractivity contribution in [3.8, 4) is 0 Å². The molecule has 0 bridgehead atoms. The van der Waals surface area contributed by atoms with Crippen molar-refractivity contribution in [3.63, 3.8) is 0 Å². The average molecular weight is 337 g/mol. The number of aryl methyl sites for hydroxylation is 2. The predicted molar refractivity (Wildman–Crippen MR) is 88.4 cm³/mol. The van der Waals surface area contributed by atoms with Crippen LogP contribution in [0, 0.1) is 19.8 Å². The first-order valence-electron chi connectivity index (χ1n) is 7.31. The number of anilines is 1. The molecule has 1 aliphatic rings. The molecular weight excluding hydrogens is 318 g/mol. The highest BCUT2D eigenvalue weighted by molar-refractivity contribution is 8.01. The van der Waals surface area contributed by atoms with Crippen LogP contribution in [0.1, 0.15) is 36.4 Å². The van der Waals surface area contributed by atoms with Crippen LogP contribution in [-0.2, 0) is 4.79 Å². The highest BCUT2D eigenvalue weighted by Gasteiger charge is 2.31. The minimum Gasteiger partial charge on any atom is -0.310 e. The Morgan fingerprint density at radius 1 is 1.50 bits per heavy atom. The van der Waals surface area contributed by atoms with Crippen molar-refractivity contribution >= 4 is 34.8 Å². The van der Waals surface area contributed by atoms with E-state index in [1.165, 1.54) is 35.9 Å². The maximum Gasteiger partial charge on any atom is 0.235 e. The molecule has 1 aliphatic carbocycles. The van der Waals surface area contributed by atoms with Gasteiger partial charge >= 0.3 is 0 Å². The Morgan fingerprint density at radius 2 is 2.27 bits per heavy atom. The van der Waals surface area contributed by atoms with Crippen molar-refractivity contribution < 1.29 is 4.79 Å². The normalized spacial score (nSPS) is 15.8. The van der Waals surface area contributed by atoms with Gasteiger partial charge in [0.25, 0.3) is 0 Å². The molecule has 22 heavy (non-hydrogen) atoms. The molecule has 0 spiro atoms. The SMILES string of the molecule is Cc1nnc(SCC(=O)Nc2c(C)cnn2[C@H](C)C2CC2)s1. The fourth-order valence-corrected chi connectivity index (χ4v) is 3.94. The fourth-order valence-electron chi connectivity index (χ4n) is 2.32. The van der Waals surface area contributed by atoms with Crippen LogP contribution in [0.5, 0.6) is 0 Å². The summed E-state index contributed by atoms with van der Waals surface area (Å²) >= 11 is 2.92. The number of thioether (sulfide) groups is 1. The lowest BCUT2D eigenvalue weighted by Gasteiger charge is -2.16. The van der Waals surface area contributed by atoms with Gasteiger partial charge < -0.3 is 5.32 Å². The summed E-state index contributed by atoms with van der Waals surface area (Å²) in [6.45, 7) is 6.04. The minimum absolute atomic E-state index is 0.0364. The number of amides is 1. The van der Waals surface area contributed by atoms with Gasteiger partial charge in [0.05, 0.1) is 18.0 Å². The van der Waals surface area contributed by atoms with E-state index in [1.54, 1.807) is 0 Å². The van der Waals surface area contributed by atoms with E-state index in [0.717, 1.165) is 20.7 Å². The molecule has 0 aliphatic heterocycles. The molecule has 1 amide bonds. The smallest absolute Gasteiger partial charge is 0.235 e. The third-order valence-corrected chi connectivity index (χ3v) is 5.73. The molecule has 0 saturated heterocycles. The monoisotopic (exact) mass is 337 g/mol. The largest absolute Gasteiger partial charge is 0.310 e. The van der Waals surface area contributed by atoms with E-state index in [9.17, 15) is 4.79 Å². The summed E-state index contributed by atoms with van der Waals surface area (Å²) in [6.07, 6.45) is 4.31. The Labute approximate surface area is 137 Å². The van der Waals surface area contributed by atoms with E-state index in [2.05, 4.69) is 27.5 Å². The molecule has 2 aromatic heterocycles. The number of nitrogens with zero attached hydrogens (tertiary/aromatic N) is 4. The second-order valence-electron chi connectivity index (χ2n) is 5.62. The number of rotatable bonds is 6. The molecule has 118 valence electrons. The van der Waals surface area contributed by atoms with Gasteiger partial charge in [-0.05, 0) is 39.5 Å². The molecule has 1 N–H and O–H groups in total. The maximum absolute atomic E-state index is 12.2. The van der Waals surface area contributed by atoms with E-state index in [0.29, 0.717) is 17.7 Å². The standard InChI is InChI=1S/C14H19N5OS2/c1-8-6-15-19(9(2)11-4-5-11)13(8)16-12(20)7-21-14-18-17-10(3)22-14/h6,9,11H,4-5,7H2,1-3H3,(H,16,20)/t9-/m1/s1. The molecule has 0 unspecified atom stereocenters. The average Bonchev–Trinajstić information content (AvgIpc) is 3.17. The zero-order valence-electron chi connectivity index (χ0n) is 12.9. The lowest BCUT2D eigenvalue weighted by molar-refractivity contribution is -0.113. The van der Waals surface area contributed by atoms with E-state index >= 15 is 0 Å². The van der Waals surface area contributed by atoms with Crippen molar-refractivity contribution in [2.24, 2.45) is 5.92 Å². The van der Waals surface area contributed by atoms with Gasteiger partial charge in [-0.25, -0.2) is 4.68 Å². The van der Waals surface area contributed by atoms with Crippen molar-refractivity contribution in [3.05, 3.63) is 16.8 Å².